The van der Waals surface area contributed by atoms with Crippen LogP contribution in [0.3, 0.4) is 0 Å². The van der Waals surface area contributed by atoms with E-state index >= 15 is 0 Å². The van der Waals surface area contributed by atoms with E-state index in [-0.39, 0.29) is 10.8 Å². The molecule has 1 rings (SSSR count). The van der Waals surface area contributed by atoms with Gasteiger partial charge in [0.05, 0.1) is 5.92 Å². The first-order valence-electron chi connectivity index (χ1n) is 7.76. The molecule has 0 aromatic heterocycles. The van der Waals surface area contributed by atoms with Gasteiger partial charge in [0.2, 0.25) is 0 Å². The Morgan fingerprint density at radius 3 is 1.82 bits per heavy atom. The second-order valence-electron chi connectivity index (χ2n) is 8.11. The van der Waals surface area contributed by atoms with Gasteiger partial charge in [0, 0.05) is 0 Å². The highest BCUT2D eigenvalue weighted by Crippen LogP contribution is 2.40. The van der Waals surface area contributed by atoms with Crippen LogP contribution in [-0.4, -0.2) is 16.2 Å². The van der Waals surface area contributed by atoms with Gasteiger partial charge in [-0.25, -0.2) is 0 Å². The molecule has 0 bridgehead atoms. The van der Waals surface area contributed by atoms with Crippen molar-refractivity contribution in [2.24, 2.45) is 5.92 Å². The second kappa shape index (κ2) is 6.31. The summed E-state index contributed by atoms with van der Waals surface area (Å²) in [5.74, 6) is -1.12. The molecule has 0 aliphatic rings. The highest BCUT2D eigenvalue weighted by molar-refractivity contribution is 5.70. The summed E-state index contributed by atoms with van der Waals surface area (Å²) in [6.45, 7) is 16.1. The fourth-order valence-corrected chi connectivity index (χ4v) is 2.45. The minimum atomic E-state index is -0.870. The van der Waals surface area contributed by atoms with Gasteiger partial charge in [-0.2, -0.15) is 0 Å². The van der Waals surface area contributed by atoms with E-state index in [1.54, 1.807) is 0 Å². The summed E-state index contributed by atoms with van der Waals surface area (Å²) in [6, 6.07) is 4.00. The number of phenolic OH excluding ortho intramolecular Hbond substituents is 1. The molecule has 1 aromatic carbocycles. The van der Waals surface area contributed by atoms with Gasteiger partial charge < -0.3 is 10.2 Å². The maximum atomic E-state index is 10.9. The van der Waals surface area contributed by atoms with E-state index in [9.17, 15) is 9.90 Å². The number of benzene rings is 1. The van der Waals surface area contributed by atoms with Gasteiger partial charge in [-0.3, -0.25) is 4.79 Å². The molecule has 0 spiro atoms. The Morgan fingerprint density at radius 2 is 1.50 bits per heavy atom. The Kier molecular flexibility index (Phi) is 5.32. The number of hydrogen-bond acceptors (Lipinski definition) is 2. The zero-order valence-corrected chi connectivity index (χ0v) is 14.7. The van der Waals surface area contributed by atoms with E-state index in [1.807, 2.05) is 12.1 Å². The van der Waals surface area contributed by atoms with Crippen molar-refractivity contribution in [3.8, 4) is 5.75 Å². The second-order valence-corrected chi connectivity index (χ2v) is 8.11. The minimum absolute atomic E-state index is 0.170. The molecule has 0 aliphatic carbocycles. The largest absolute Gasteiger partial charge is 0.507 e. The molecule has 0 amide bonds. The number of phenols is 1. The van der Waals surface area contributed by atoms with Gasteiger partial charge in [0.1, 0.15) is 5.75 Å². The molecule has 1 atom stereocenters. The smallest absolute Gasteiger partial charge is 0.306 e. The minimum Gasteiger partial charge on any atom is -0.507 e. The number of rotatable bonds is 4. The lowest BCUT2D eigenvalue weighted by atomic mass is 9.78. The molecule has 0 fully saturated rings. The number of hydrogen-bond donors (Lipinski definition) is 2. The Balaban J connectivity index is 3.27. The third kappa shape index (κ3) is 4.49. The molecule has 0 saturated carbocycles. The standard InChI is InChI=1S/C19H29O3/c1-12(17(21)22)8-9-13-10-14(18(2,3)4)16(20)15(11-13)19(5,6)7/h10-12,20H,1,8-9H2,2-7H3,(H,21,22). The van der Waals surface area contributed by atoms with Crippen LogP contribution in [0.15, 0.2) is 12.1 Å². The molecule has 1 aromatic rings. The van der Waals surface area contributed by atoms with Crippen LogP contribution in [0.4, 0.5) is 0 Å². The van der Waals surface area contributed by atoms with Crippen molar-refractivity contribution in [2.45, 2.75) is 65.2 Å². The lowest BCUT2D eigenvalue weighted by molar-refractivity contribution is -0.140. The van der Waals surface area contributed by atoms with Gasteiger partial charge >= 0.3 is 5.97 Å². The zero-order valence-electron chi connectivity index (χ0n) is 14.7. The molecule has 123 valence electrons. The average molecular weight is 305 g/mol. The van der Waals surface area contributed by atoms with Crippen LogP contribution in [-0.2, 0) is 22.0 Å². The highest BCUT2D eigenvalue weighted by atomic mass is 16.4. The summed E-state index contributed by atoms with van der Waals surface area (Å²) in [4.78, 5) is 10.9. The van der Waals surface area contributed by atoms with Crippen LogP contribution in [0.2, 0.25) is 0 Å². The fourth-order valence-electron chi connectivity index (χ4n) is 2.45. The van der Waals surface area contributed by atoms with E-state index in [0.717, 1.165) is 16.7 Å². The van der Waals surface area contributed by atoms with Crippen LogP contribution < -0.4 is 0 Å². The molecular formula is C19H29O3. The van der Waals surface area contributed by atoms with Crippen LogP contribution in [0.5, 0.6) is 5.75 Å². The maximum absolute atomic E-state index is 10.9. The molecular weight excluding hydrogens is 276 g/mol. The Morgan fingerprint density at radius 1 is 1.09 bits per heavy atom. The van der Waals surface area contributed by atoms with Gasteiger partial charge in [0.15, 0.2) is 0 Å². The van der Waals surface area contributed by atoms with Crippen molar-refractivity contribution in [1.29, 1.82) is 0 Å². The van der Waals surface area contributed by atoms with Crippen LogP contribution in [0.1, 0.15) is 64.7 Å². The molecule has 2 N–H and O–H groups in total. The Hall–Kier alpha value is -1.51. The van der Waals surface area contributed by atoms with Crippen molar-refractivity contribution < 1.29 is 15.0 Å². The summed E-state index contributed by atoms with van der Waals surface area (Å²) in [5, 5.41) is 19.6. The summed E-state index contributed by atoms with van der Waals surface area (Å²) in [7, 11) is 0. The third-order valence-corrected chi connectivity index (χ3v) is 3.92. The van der Waals surface area contributed by atoms with Crippen molar-refractivity contribution >= 4 is 5.97 Å². The number of carbonyl (C=O) groups is 1. The van der Waals surface area contributed by atoms with Gasteiger partial charge in [0.25, 0.3) is 0 Å². The third-order valence-electron chi connectivity index (χ3n) is 3.92. The average Bonchev–Trinajstić information content (AvgIpc) is 2.33. The summed E-state index contributed by atoms with van der Waals surface area (Å²) in [5.41, 5.74) is 2.53. The molecule has 3 nitrogen and oxygen atoms in total. The Bertz CT molecular complexity index is 510. The zero-order chi connectivity index (χ0) is 17.3. The molecule has 3 heteroatoms. The van der Waals surface area contributed by atoms with Crippen LogP contribution in [0, 0.1) is 12.8 Å². The van der Waals surface area contributed by atoms with Crippen molar-refractivity contribution in [2.75, 3.05) is 0 Å². The summed E-state index contributed by atoms with van der Waals surface area (Å²) < 4.78 is 0. The SMILES string of the molecule is [CH2]C(CCc1cc(C(C)(C)C)c(O)c(C(C)(C)C)c1)C(=O)O. The van der Waals surface area contributed by atoms with E-state index in [1.165, 1.54) is 0 Å². The van der Waals surface area contributed by atoms with Crippen molar-refractivity contribution in [1.82, 2.24) is 0 Å². The Labute approximate surface area is 134 Å². The number of carboxylic acid groups (broad SMARTS) is 1. The number of aromatic hydroxyl groups is 1. The number of aryl methyl sites for hydroxylation is 1. The van der Waals surface area contributed by atoms with E-state index in [2.05, 4.69) is 48.5 Å². The van der Waals surface area contributed by atoms with Gasteiger partial charge in [-0.15, -0.1) is 0 Å². The number of carboxylic acids is 1. The summed E-state index contributed by atoms with van der Waals surface area (Å²) >= 11 is 0. The van der Waals surface area contributed by atoms with E-state index < -0.39 is 11.9 Å². The predicted octanol–water partition coefficient (Wildman–Crippen LogP) is 4.45. The van der Waals surface area contributed by atoms with Crippen LogP contribution in [0.25, 0.3) is 0 Å². The highest BCUT2D eigenvalue weighted by Gasteiger charge is 2.26. The van der Waals surface area contributed by atoms with Crippen molar-refractivity contribution in [3.05, 3.63) is 35.7 Å². The lowest BCUT2D eigenvalue weighted by Gasteiger charge is -2.28. The van der Waals surface area contributed by atoms with Crippen LogP contribution >= 0.6 is 0 Å². The fraction of sp³-hybridized carbons (Fsp3) is 0.579. The lowest BCUT2D eigenvalue weighted by Crippen LogP contribution is -2.18. The first-order chi connectivity index (χ1) is 9.84. The topological polar surface area (TPSA) is 57.5 Å². The van der Waals surface area contributed by atoms with Gasteiger partial charge in [-0.1, -0.05) is 53.7 Å². The molecule has 0 aliphatic heterocycles. The molecule has 22 heavy (non-hydrogen) atoms. The maximum Gasteiger partial charge on any atom is 0.306 e. The first kappa shape index (κ1) is 18.5. The monoisotopic (exact) mass is 305 g/mol. The quantitative estimate of drug-likeness (QED) is 0.863. The first-order valence-corrected chi connectivity index (χ1v) is 7.76. The molecule has 0 heterocycles. The van der Waals surface area contributed by atoms with Gasteiger partial charge in [-0.05, 0) is 47.3 Å². The number of aliphatic carboxylic acids is 1. The molecule has 1 unspecified atom stereocenters. The normalized spacial score (nSPS) is 14.0. The molecule has 1 radical (unpaired) electrons. The molecule has 0 saturated heterocycles. The van der Waals surface area contributed by atoms with E-state index in [0.29, 0.717) is 18.6 Å². The predicted molar refractivity (Wildman–Crippen MR) is 90.3 cm³/mol. The summed E-state index contributed by atoms with van der Waals surface area (Å²) in [6.07, 6.45) is 1.14. The van der Waals surface area contributed by atoms with E-state index in [4.69, 9.17) is 5.11 Å². The van der Waals surface area contributed by atoms with Crippen molar-refractivity contribution in [3.63, 3.8) is 0 Å².